The highest BCUT2D eigenvalue weighted by atomic mass is 35.5. The molecule has 0 saturated carbocycles. The lowest BCUT2D eigenvalue weighted by Crippen LogP contribution is -2.07. The van der Waals surface area contributed by atoms with E-state index in [4.69, 9.17) is 16.3 Å². The quantitative estimate of drug-likeness (QED) is 0.605. The number of aromatic nitrogens is 1. The first-order valence-electron chi connectivity index (χ1n) is 7.94. The van der Waals surface area contributed by atoms with E-state index < -0.39 is 0 Å². The van der Waals surface area contributed by atoms with Crippen LogP contribution in [0.25, 0.3) is 6.08 Å². The Bertz CT molecular complexity index is 920. The first-order valence-corrected chi connectivity index (χ1v) is 9.14. The van der Waals surface area contributed by atoms with Crippen molar-refractivity contribution in [1.82, 2.24) is 4.98 Å². The summed E-state index contributed by atoms with van der Waals surface area (Å²) in [5.41, 5.74) is 2.03. The van der Waals surface area contributed by atoms with Crippen LogP contribution in [0.3, 0.4) is 0 Å². The van der Waals surface area contributed by atoms with E-state index in [9.17, 15) is 4.79 Å². The van der Waals surface area contributed by atoms with Crippen LogP contribution >= 0.6 is 22.9 Å². The number of carbonyl (C=O) groups excluding carboxylic acids is 1. The van der Waals surface area contributed by atoms with E-state index in [1.165, 1.54) is 17.4 Å². The highest BCUT2D eigenvalue weighted by Gasteiger charge is 2.06. The Morgan fingerprint density at radius 2 is 2.08 bits per heavy atom. The Labute approximate surface area is 161 Å². The van der Waals surface area contributed by atoms with E-state index in [1.807, 2.05) is 48.5 Å². The van der Waals surface area contributed by atoms with Gasteiger partial charge < -0.3 is 4.74 Å². The number of hydrogen-bond donors (Lipinski definition) is 1. The van der Waals surface area contributed by atoms with E-state index in [2.05, 4.69) is 10.3 Å². The summed E-state index contributed by atoms with van der Waals surface area (Å²) in [7, 11) is 1.62. The highest BCUT2D eigenvalue weighted by molar-refractivity contribution is 7.15. The van der Waals surface area contributed by atoms with Gasteiger partial charge in [0.25, 0.3) is 0 Å². The van der Waals surface area contributed by atoms with E-state index in [0.29, 0.717) is 10.2 Å². The van der Waals surface area contributed by atoms with Crippen molar-refractivity contribution in [2.75, 3.05) is 12.4 Å². The topological polar surface area (TPSA) is 51.2 Å². The molecule has 0 unspecified atom stereocenters. The standard InChI is InChI=1S/C20H17ClN2O2S/c1-25-17-8-5-14(6-9-17)7-10-19(24)23-20-22-13-18(26-20)12-15-3-2-4-16(21)11-15/h2-11,13H,12H2,1H3,(H,22,23,24)/b10-7-. The highest BCUT2D eigenvalue weighted by Crippen LogP contribution is 2.22. The molecule has 1 amide bonds. The minimum atomic E-state index is -0.218. The van der Waals surface area contributed by atoms with Crippen LogP contribution in [0.15, 0.2) is 60.8 Å². The van der Waals surface area contributed by atoms with Crippen molar-refractivity contribution in [2.45, 2.75) is 6.42 Å². The Morgan fingerprint density at radius 3 is 2.81 bits per heavy atom. The van der Waals surface area contributed by atoms with Crippen LogP contribution in [-0.2, 0) is 11.2 Å². The number of halogens is 1. The SMILES string of the molecule is COc1ccc(/C=C\C(=O)Nc2ncc(Cc3cccc(Cl)c3)s2)cc1. The smallest absolute Gasteiger partial charge is 0.250 e. The number of methoxy groups -OCH3 is 1. The molecule has 0 atom stereocenters. The van der Waals surface area contributed by atoms with Crippen molar-refractivity contribution in [3.05, 3.63) is 81.8 Å². The maximum Gasteiger partial charge on any atom is 0.250 e. The third-order valence-electron chi connectivity index (χ3n) is 3.59. The summed E-state index contributed by atoms with van der Waals surface area (Å²) in [4.78, 5) is 17.4. The minimum absolute atomic E-state index is 0.218. The van der Waals surface area contributed by atoms with E-state index in [0.717, 1.165) is 28.2 Å². The van der Waals surface area contributed by atoms with Gasteiger partial charge in [-0.1, -0.05) is 35.9 Å². The Hall–Kier alpha value is -2.63. The van der Waals surface area contributed by atoms with Gasteiger partial charge in [0.15, 0.2) is 5.13 Å². The lowest BCUT2D eigenvalue weighted by molar-refractivity contribution is -0.111. The van der Waals surface area contributed by atoms with Gasteiger partial charge in [-0.15, -0.1) is 11.3 Å². The molecule has 0 bridgehead atoms. The zero-order chi connectivity index (χ0) is 18.4. The fourth-order valence-corrected chi connectivity index (χ4v) is 3.39. The van der Waals surface area contributed by atoms with Crippen molar-refractivity contribution in [3.8, 4) is 5.75 Å². The van der Waals surface area contributed by atoms with Gasteiger partial charge in [-0.25, -0.2) is 4.98 Å². The number of hydrogen-bond acceptors (Lipinski definition) is 4. The fraction of sp³-hybridized carbons (Fsp3) is 0.100. The van der Waals surface area contributed by atoms with Crippen LogP contribution < -0.4 is 10.1 Å². The van der Waals surface area contributed by atoms with Crippen LogP contribution in [0, 0.1) is 0 Å². The molecule has 26 heavy (non-hydrogen) atoms. The molecular formula is C20H17ClN2O2S. The second-order valence-corrected chi connectivity index (χ2v) is 7.09. The maximum atomic E-state index is 12.0. The molecule has 0 fully saturated rings. The minimum Gasteiger partial charge on any atom is -0.497 e. The summed E-state index contributed by atoms with van der Waals surface area (Å²) in [6, 6.07) is 15.2. The zero-order valence-corrected chi connectivity index (χ0v) is 15.7. The van der Waals surface area contributed by atoms with Crippen LogP contribution in [0.4, 0.5) is 5.13 Å². The van der Waals surface area contributed by atoms with Crippen LogP contribution in [0.5, 0.6) is 5.75 Å². The molecule has 132 valence electrons. The molecule has 2 aromatic carbocycles. The number of nitrogens with zero attached hydrogens (tertiary/aromatic N) is 1. The summed E-state index contributed by atoms with van der Waals surface area (Å²) >= 11 is 7.46. The number of amides is 1. The molecule has 4 nitrogen and oxygen atoms in total. The first kappa shape index (κ1) is 18.2. The second-order valence-electron chi connectivity index (χ2n) is 5.53. The molecule has 0 saturated heterocycles. The number of thiazole rings is 1. The van der Waals surface area contributed by atoms with Gasteiger partial charge in [-0.3, -0.25) is 10.1 Å². The lowest BCUT2D eigenvalue weighted by atomic mass is 10.1. The summed E-state index contributed by atoms with van der Waals surface area (Å²) < 4.78 is 5.11. The third kappa shape index (κ3) is 5.18. The molecule has 0 spiro atoms. The first-order chi connectivity index (χ1) is 12.6. The van der Waals surface area contributed by atoms with Crippen molar-refractivity contribution in [2.24, 2.45) is 0 Å². The molecule has 0 aliphatic heterocycles. The monoisotopic (exact) mass is 384 g/mol. The third-order valence-corrected chi connectivity index (χ3v) is 4.74. The number of benzene rings is 2. The largest absolute Gasteiger partial charge is 0.497 e. The normalized spacial score (nSPS) is 10.8. The number of nitrogens with one attached hydrogen (secondary N) is 1. The summed E-state index contributed by atoms with van der Waals surface area (Å²) in [6.45, 7) is 0. The molecule has 1 N–H and O–H groups in total. The fourth-order valence-electron chi connectivity index (χ4n) is 2.33. The Kier molecular flexibility index (Phi) is 6.04. The summed E-state index contributed by atoms with van der Waals surface area (Å²) in [6.07, 6.45) is 5.74. The number of rotatable bonds is 6. The van der Waals surface area contributed by atoms with E-state index in [1.54, 1.807) is 19.4 Å². The Balaban J connectivity index is 1.57. The van der Waals surface area contributed by atoms with Gasteiger partial charge in [-0.05, 0) is 41.5 Å². The van der Waals surface area contributed by atoms with Gasteiger partial charge in [-0.2, -0.15) is 0 Å². The van der Waals surface area contributed by atoms with Gasteiger partial charge in [0.05, 0.1) is 7.11 Å². The van der Waals surface area contributed by atoms with Crippen LogP contribution in [0.2, 0.25) is 5.02 Å². The van der Waals surface area contributed by atoms with Crippen LogP contribution in [-0.4, -0.2) is 18.0 Å². The summed E-state index contributed by atoms with van der Waals surface area (Å²) in [5, 5.41) is 4.07. The van der Waals surface area contributed by atoms with E-state index in [-0.39, 0.29) is 5.91 Å². The zero-order valence-electron chi connectivity index (χ0n) is 14.1. The molecule has 0 radical (unpaired) electrons. The van der Waals surface area contributed by atoms with Crippen LogP contribution in [0.1, 0.15) is 16.0 Å². The Morgan fingerprint density at radius 1 is 1.27 bits per heavy atom. The molecular weight excluding hydrogens is 368 g/mol. The molecule has 1 heterocycles. The molecule has 6 heteroatoms. The predicted octanol–water partition coefficient (Wildman–Crippen LogP) is 5.05. The van der Waals surface area contributed by atoms with Crippen molar-refractivity contribution >= 4 is 40.1 Å². The maximum absolute atomic E-state index is 12.0. The summed E-state index contributed by atoms with van der Waals surface area (Å²) in [5.74, 6) is 0.561. The lowest BCUT2D eigenvalue weighted by Gasteiger charge is -1.99. The molecule has 1 aromatic heterocycles. The van der Waals surface area contributed by atoms with Gasteiger partial charge in [0.2, 0.25) is 5.91 Å². The van der Waals surface area contributed by atoms with Crippen molar-refractivity contribution < 1.29 is 9.53 Å². The van der Waals surface area contributed by atoms with Gasteiger partial charge >= 0.3 is 0 Å². The van der Waals surface area contributed by atoms with Crippen molar-refractivity contribution in [3.63, 3.8) is 0 Å². The average Bonchev–Trinajstić information content (AvgIpc) is 3.07. The predicted molar refractivity (Wildman–Crippen MR) is 107 cm³/mol. The number of carbonyl (C=O) groups is 1. The molecule has 0 aliphatic carbocycles. The number of anilines is 1. The molecule has 3 rings (SSSR count). The average molecular weight is 385 g/mol. The van der Waals surface area contributed by atoms with Gasteiger partial charge in [0.1, 0.15) is 5.75 Å². The molecule has 3 aromatic rings. The molecule has 0 aliphatic rings. The van der Waals surface area contributed by atoms with Gasteiger partial charge in [0, 0.05) is 28.6 Å². The van der Waals surface area contributed by atoms with E-state index >= 15 is 0 Å². The van der Waals surface area contributed by atoms with Crippen molar-refractivity contribution in [1.29, 1.82) is 0 Å². The number of ether oxygens (including phenoxy) is 1. The second kappa shape index (κ2) is 8.65.